The summed E-state index contributed by atoms with van der Waals surface area (Å²) in [6, 6.07) is 14.5. The number of halogens is 1. The number of hydrogen-bond acceptors (Lipinski definition) is 5. The van der Waals surface area contributed by atoms with Gasteiger partial charge in [0, 0.05) is 30.4 Å². The molecule has 0 aliphatic heterocycles. The Morgan fingerprint density at radius 2 is 1.78 bits per heavy atom. The Kier molecular flexibility index (Phi) is 4.38. The lowest BCUT2D eigenvalue weighted by Crippen LogP contribution is -1.99. The van der Waals surface area contributed by atoms with Gasteiger partial charge >= 0.3 is 0 Å². The van der Waals surface area contributed by atoms with Crippen LogP contribution in [0.15, 0.2) is 60.9 Å². The third-order valence-corrected chi connectivity index (χ3v) is 4.34. The molecule has 2 aromatic carbocycles. The van der Waals surface area contributed by atoms with E-state index in [0.29, 0.717) is 5.82 Å². The molecule has 0 atom stereocenters. The highest BCUT2D eigenvalue weighted by Crippen LogP contribution is 2.31. The first-order chi connectivity index (χ1) is 13.2. The van der Waals surface area contributed by atoms with Crippen LogP contribution in [0.5, 0.6) is 5.75 Å². The second-order valence-corrected chi connectivity index (χ2v) is 5.97. The number of pyridine rings is 1. The molecule has 1 N–H and O–H groups in total. The molecule has 2 aromatic heterocycles. The van der Waals surface area contributed by atoms with Gasteiger partial charge < -0.3 is 10.1 Å². The first-order valence-corrected chi connectivity index (χ1v) is 8.43. The molecule has 0 aliphatic rings. The molecule has 0 radical (unpaired) electrons. The number of aromatic nitrogens is 3. The van der Waals surface area contributed by atoms with Crippen molar-refractivity contribution in [3.05, 3.63) is 66.7 Å². The molecule has 0 aliphatic carbocycles. The van der Waals surface area contributed by atoms with E-state index in [2.05, 4.69) is 20.3 Å². The Balaban J connectivity index is 1.85. The number of anilines is 1. The lowest BCUT2D eigenvalue weighted by Gasteiger charge is -2.11. The third kappa shape index (κ3) is 3.17. The number of ether oxygens (including phenoxy) is 1. The smallest absolute Gasteiger partial charge is 0.165 e. The molecule has 4 rings (SSSR count). The maximum absolute atomic E-state index is 13.7. The van der Waals surface area contributed by atoms with Crippen LogP contribution in [0.25, 0.3) is 33.4 Å². The molecule has 5 nitrogen and oxygen atoms in total. The van der Waals surface area contributed by atoms with Gasteiger partial charge in [-0.1, -0.05) is 12.1 Å². The third-order valence-electron chi connectivity index (χ3n) is 4.34. The Hall–Kier alpha value is -3.54. The van der Waals surface area contributed by atoms with Crippen molar-refractivity contribution in [2.45, 2.75) is 0 Å². The minimum atomic E-state index is -0.387. The van der Waals surface area contributed by atoms with Crippen molar-refractivity contribution < 1.29 is 9.13 Å². The minimum absolute atomic E-state index is 0.213. The van der Waals surface area contributed by atoms with Crippen molar-refractivity contribution >= 4 is 16.7 Å². The number of methoxy groups -OCH3 is 1. The van der Waals surface area contributed by atoms with E-state index in [0.717, 1.165) is 33.4 Å². The van der Waals surface area contributed by atoms with E-state index < -0.39 is 0 Å². The van der Waals surface area contributed by atoms with Gasteiger partial charge in [0.05, 0.1) is 12.6 Å². The average molecular weight is 360 g/mol. The van der Waals surface area contributed by atoms with Crippen LogP contribution in [0.1, 0.15) is 0 Å². The van der Waals surface area contributed by atoms with Crippen LogP contribution < -0.4 is 10.1 Å². The lowest BCUT2D eigenvalue weighted by molar-refractivity contribution is 0.387. The van der Waals surface area contributed by atoms with Crippen molar-refractivity contribution in [2.75, 3.05) is 19.5 Å². The van der Waals surface area contributed by atoms with Crippen molar-refractivity contribution in [1.82, 2.24) is 15.0 Å². The number of hydrogen-bond donors (Lipinski definition) is 1. The van der Waals surface area contributed by atoms with Gasteiger partial charge in [-0.25, -0.2) is 14.4 Å². The van der Waals surface area contributed by atoms with Gasteiger partial charge in [-0.15, -0.1) is 0 Å². The van der Waals surface area contributed by atoms with Crippen molar-refractivity contribution in [2.24, 2.45) is 0 Å². The zero-order valence-electron chi connectivity index (χ0n) is 14.9. The van der Waals surface area contributed by atoms with Gasteiger partial charge in [0.15, 0.2) is 17.4 Å². The fourth-order valence-electron chi connectivity index (χ4n) is 2.96. The molecule has 6 heteroatoms. The second-order valence-electron chi connectivity index (χ2n) is 5.97. The van der Waals surface area contributed by atoms with E-state index in [9.17, 15) is 4.39 Å². The standard InChI is InChI=1S/C21H17FN4O/c1-23-21-16-10-13(14-5-7-17(22)19(11-14)27-2)6-8-18(16)25-20(26-21)15-4-3-9-24-12-15/h3-12H,1-2H3,(H,23,25,26). The summed E-state index contributed by atoms with van der Waals surface area (Å²) < 4.78 is 18.8. The molecule has 0 unspecified atom stereocenters. The van der Waals surface area contributed by atoms with E-state index >= 15 is 0 Å². The van der Waals surface area contributed by atoms with Gasteiger partial charge in [-0.05, 0) is 47.5 Å². The molecule has 0 spiro atoms. The van der Waals surface area contributed by atoms with Crippen LogP contribution in [-0.4, -0.2) is 29.1 Å². The summed E-state index contributed by atoms with van der Waals surface area (Å²) in [6.07, 6.45) is 3.45. The Bertz CT molecular complexity index is 1120. The largest absolute Gasteiger partial charge is 0.494 e. The van der Waals surface area contributed by atoms with Crippen molar-refractivity contribution in [3.63, 3.8) is 0 Å². The molecule has 134 valence electrons. The van der Waals surface area contributed by atoms with Gasteiger partial charge in [-0.3, -0.25) is 4.98 Å². The van der Waals surface area contributed by atoms with Gasteiger partial charge in [0.1, 0.15) is 5.82 Å². The summed E-state index contributed by atoms with van der Waals surface area (Å²) in [5.74, 6) is 1.15. The van der Waals surface area contributed by atoms with Gasteiger partial charge in [0.25, 0.3) is 0 Å². The van der Waals surface area contributed by atoms with Crippen LogP contribution in [0.2, 0.25) is 0 Å². The number of rotatable bonds is 4. The predicted octanol–water partition coefficient (Wildman–Crippen LogP) is 4.55. The highest BCUT2D eigenvalue weighted by Gasteiger charge is 2.11. The van der Waals surface area contributed by atoms with E-state index in [-0.39, 0.29) is 11.6 Å². The molecule has 0 amide bonds. The van der Waals surface area contributed by atoms with Crippen LogP contribution >= 0.6 is 0 Å². The van der Waals surface area contributed by atoms with Crippen molar-refractivity contribution in [3.8, 4) is 28.3 Å². The molecule has 0 bridgehead atoms. The first-order valence-electron chi connectivity index (χ1n) is 8.43. The number of nitrogens with zero attached hydrogens (tertiary/aromatic N) is 3. The SMILES string of the molecule is CNc1nc(-c2cccnc2)nc2ccc(-c3ccc(F)c(OC)c3)cc12. The van der Waals surface area contributed by atoms with Crippen LogP contribution in [0.4, 0.5) is 10.2 Å². The summed E-state index contributed by atoms with van der Waals surface area (Å²) >= 11 is 0. The predicted molar refractivity (Wildman–Crippen MR) is 104 cm³/mol. The summed E-state index contributed by atoms with van der Waals surface area (Å²) in [5, 5.41) is 4.01. The molecular formula is C21H17FN4O. The fraction of sp³-hybridized carbons (Fsp3) is 0.0952. The molecular weight excluding hydrogens is 343 g/mol. The Morgan fingerprint density at radius 3 is 2.52 bits per heavy atom. The van der Waals surface area contributed by atoms with Crippen molar-refractivity contribution in [1.29, 1.82) is 0 Å². The molecule has 0 saturated heterocycles. The number of benzene rings is 2. The maximum Gasteiger partial charge on any atom is 0.165 e. The van der Waals surface area contributed by atoms with E-state index in [1.54, 1.807) is 24.5 Å². The van der Waals surface area contributed by atoms with E-state index in [4.69, 9.17) is 4.74 Å². The summed E-state index contributed by atoms with van der Waals surface area (Å²) in [6.45, 7) is 0. The quantitative estimate of drug-likeness (QED) is 0.579. The van der Waals surface area contributed by atoms with Crippen LogP contribution in [0, 0.1) is 5.82 Å². The van der Waals surface area contributed by atoms with E-state index in [1.165, 1.54) is 13.2 Å². The van der Waals surface area contributed by atoms with Gasteiger partial charge in [-0.2, -0.15) is 0 Å². The zero-order chi connectivity index (χ0) is 18.8. The maximum atomic E-state index is 13.7. The van der Waals surface area contributed by atoms with Crippen LogP contribution in [0.3, 0.4) is 0 Å². The first kappa shape index (κ1) is 16.9. The highest BCUT2D eigenvalue weighted by atomic mass is 19.1. The molecule has 2 heterocycles. The normalized spacial score (nSPS) is 10.8. The summed E-state index contributed by atoms with van der Waals surface area (Å²) in [4.78, 5) is 13.4. The number of nitrogens with one attached hydrogen (secondary N) is 1. The highest BCUT2D eigenvalue weighted by molar-refractivity contribution is 5.94. The molecule has 0 saturated carbocycles. The topological polar surface area (TPSA) is 59.9 Å². The Morgan fingerprint density at radius 1 is 0.963 bits per heavy atom. The Labute approximate surface area is 155 Å². The second kappa shape index (κ2) is 6.99. The fourth-order valence-corrected chi connectivity index (χ4v) is 2.96. The van der Waals surface area contributed by atoms with Gasteiger partial charge in [0.2, 0.25) is 0 Å². The minimum Gasteiger partial charge on any atom is -0.494 e. The lowest BCUT2D eigenvalue weighted by atomic mass is 10.0. The molecule has 27 heavy (non-hydrogen) atoms. The zero-order valence-corrected chi connectivity index (χ0v) is 14.9. The summed E-state index contributed by atoms with van der Waals surface area (Å²) in [5.41, 5.74) is 3.44. The van der Waals surface area contributed by atoms with Crippen LogP contribution in [-0.2, 0) is 0 Å². The molecule has 0 fully saturated rings. The number of fused-ring (bicyclic) bond motifs is 1. The monoisotopic (exact) mass is 360 g/mol. The summed E-state index contributed by atoms with van der Waals surface area (Å²) in [7, 11) is 3.28. The average Bonchev–Trinajstić information content (AvgIpc) is 2.73. The van der Waals surface area contributed by atoms with E-state index in [1.807, 2.05) is 37.4 Å². The molecule has 4 aromatic rings.